The Morgan fingerprint density at radius 2 is 1.92 bits per heavy atom. The van der Waals surface area contributed by atoms with Gasteiger partial charge in [0.05, 0.1) is 0 Å². The van der Waals surface area contributed by atoms with Gasteiger partial charge in [0.25, 0.3) is 0 Å². The molecule has 0 saturated heterocycles. The van der Waals surface area contributed by atoms with Gasteiger partial charge in [-0.3, -0.25) is 0 Å². The number of halogens is 2. The SMILES string of the molecule is CCC(CCl)Cc1ccc(Br)cc1. The van der Waals surface area contributed by atoms with Crippen molar-refractivity contribution in [1.82, 2.24) is 0 Å². The molecule has 0 nitrogen and oxygen atoms in total. The largest absolute Gasteiger partial charge is 0.126 e. The van der Waals surface area contributed by atoms with Crippen LogP contribution in [-0.2, 0) is 6.42 Å². The van der Waals surface area contributed by atoms with Crippen LogP contribution in [0.4, 0.5) is 0 Å². The van der Waals surface area contributed by atoms with Crippen LogP contribution in [0.5, 0.6) is 0 Å². The highest BCUT2D eigenvalue weighted by atomic mass is 79.9. The Morgan fingerprint density at radius 1 is 1.31 bits per heavy atom. The molecule has 1 aromatic rings. The molecule has 0 bridgehead atoms. The van der Waals surface area contributed by atoms with Crippen LogP contribution < -0.4 is 0 Å². The molecule has 1 atom stereocenters. The summed E-state index contributed by atoms with van der Waals surface area (Å²) in [6.45, 7) is 2.19. The zero-order valence-corrected chi connectivity index (χ0v) is 10.1. The Kier molecular flexibility index (Phi) is 4.82. The first-order valence-electron chi connectivity index (χ1n) is 4.56. The number of benzene rings is 1. The minimum atomic E-state index is 0.614. The van der Waals surface area contributed by atoms with Gasteiger partial charge in [-0.2, -0.15) is 0 Å². The summed E-state index contributed by atoms with van der Waals surface area (Å²) in [6, 6.07) is 8.46. The molecule has 0 aromatic heterocycles. The maximum Gasteiger partial charge on any atom is 0.0254 e. The highest BCUT2D eigenvalue weighted by Gasteiger charge is 2.05. The fraction of sp³-hybridized carbons (Fsp3) is 0.455. The molecule has 0 amide bonds. The number of rotatable bonds is 4. The van der Waals surface area contributed by atoms with Gasteiger partial charge < -0.3 is 0 Å². The Bertz CT molecular complexity index is 239. The van der Waals surface area contributed by atoms with Gasteiger partial charge in [-0.25, -0.2) is 0 Å². The van der Waals surface area contributed by atoms with Gasteiger partial charge in [-0.15, -0.1) is 11.6 Å². The molecule has 0 N–H and O–H groups in total. The maximum absolute atomic E-state index is 5.84. The van der Waals surface area contributed by atoms with Crippen molar-refractivity contribution in [2.24, 2.45) is 5.92 Å². The molecule has 2 heteroatoms. The fourth-order valence-electron chi connectivity index (χ4n) is 1.26. The monoisotopic (exact) mass is 260 g/mol. The van der Waals surface area contributed by atoms with Crippen molar-refractivity contribution in [3.05, 3.63) is 34.3 Å². The van der Waals surface area contributed by atoms with E-state index in [0.717, 1.165) is 23.2 Å². The molecule has 72 valence electrons. The van der Waals surface area contributed by atoms with Crippen molar-refractivity contribution >= 4 is 27.5 Å². The molecule has 1 rings (SSSR count). The summed E-state index contributed by atoms with van der Waals surface area (Å²) in [7, 11) is 0. The second-order valence-corrected chi connectivity index (χ2v) is 4.48. The summed E-state index contributed by atoms with van der Waals surface area (Å²) in [5, 5.41) is 0. The zero-order valence-electron chi connectivity index (χ0n) is 7.76. The Hall–Kier alpha value is -0.0100. The van der Waals surface area contributed by atoms with Crippen molar-refractivity contribution in [2.45, 2.75) is 19.8 Å². The van der Waals surface area contributed by atoms with Gasteiger partial charge in [-0.05, 0) is 30.0 Å². The van der Waals surface area contributed by atoms with E-state index < -0.39 is 0 Å². The topological polar surface area (TPSA) is 0 Å². The lowest BCUT2D eigenvalue weighted by molar-refractivity contribution is 0.567. The maximum atomic E-state index is 5.84. The first-order valence-corrected chi connectivity index (χ1v) is 5.89. The molecule has 0 aliphatic carbocycles. The van der Waals surface area contributed by atoms with Crippen LogP contribution in [0.15, 0.2) is 28.7 Å². The van der Waals surface area contributed by atoms with Crippen LogP contribution >= 0.6 is 27.5 Å². The Morgan fingerprint density at radius 3 is 2.38 bits per heavy atom. The lowest BCUT2D eigenvalue weighted by atomic mass is 9.99. The van der Waals surface area contributed by atoms with E-state index in [2.05, 4.69) is 47.1 Å². The van der Waals surface area contributed by atoms with E-state index in [9.17, 15) is 0 Å². The van der Waals surface area contributed by atoms with Gasteiger partial charge in [0.15, 0.2) is 0 Å². The molecule has 0 saturated carbocycles. The van der Waals surface area contributed by atoms with Crippen molar-refractivity contribution in [3.8, 4) is 0 Å². The van der Waals surface area contributed by atoms with Gasteiger partial charge in [0.1, 0.15) is 0 Å². The molecular weight excluding hydrogens is 247 g/mol. The van der Waals surface area contributed by atoms with Crippen molar-refractivity contribution in [3.63, 3.8) is 0 Å². The average molecular weight is 262 g/mol. The summed E-state index contributed by atoms with van der Waals surface area (Å²) in [5.41, 5.74) is 1.37. The van der Waals surface area contributed by atoms with Crippen molar-refractivity contribution < 1.29 is 0 Å². The highest BCUT2D eigenvalue weighted by Crippen LogP contribution is 2.16. The quantitative estimate of drug-likeness (QED) is 0.711. The van der Waals surface area contributed by atoms with Crippen LogP contribution in [0.2, 0.25) is 0 Å². The predicted molar refractivity (Wildman–Crippen MR) is 62.3 cm³/mol. The first-order chi connectivity index (χ1) is 6.26. The normalized spacial score (nSPS) is 12.8. The number of hydrogen-bond donors (Lipinski definition) is 0. The molecule has 13 heavy (non-hydrogen) atoms. The fourth-order valence-corrected chi connectivity index (χ4v) is 1.85. The molecule has 1 unspecified atom stereocenters. The van der Waals surface area contributed by atoms with Crippen molar-refractivity contribution in [2.75, 3.05) is 5.88 Å². The second-order valence-electron chi connectivity index (χ2n) is 3.26. The summed E-state index contributed by atoms with van der Waals surface area (Å²) in [4.78, 5) is 0. The third kappa shape index (κ3) is 3.70. The number of alkyl halides is 1. The predicted octanol–water partition coefficient (Wildman–Crippen LogP) is 4.26. The Balaban J connectivity index is 2.58. The van der Waals surface area contributed by atoms with Crippen LogP contribution in [0.1, 0.15) is 18.9 Å². The van der Waals surface area contributed by atoms with Crippen LogP contribution in [0, 0.1) is 5.92 Å². The minimum Gasteiger partial charge on any atom is -0.126 e. The van der Waals surface area contributed by atoms with Crippen LogP contribution in [0.3, 0.4) is 0 Å². The smallest absolute Gasteiger partial charge is 0.0254 e. The summed E-state index contributed by atoms with van der Waals surface area (Å²) < 4.78 is 1.13. The molecular formula is C11H14BrCl. The molecule has 1 aromatic carbocycles. The van der Waals surface area contributed by atoms with E-state index in [1.165, 1.54) is 5.56 Å². The molecule has 0 fully saturated rings. The Labute approximate surface area is 93.4 Å². The standard InChI is InChI=1S/C11H14BrCl/c1-2-9(8-13)7-10-3-5-11(12)6-4-10/h3-6,9H,2,7-8H2,1H3. The van der Waals surface area contributed by atoms with Gasteiger partial charge in [-0.1, -0.05) is 41.4 Å². The summed E-state index contributed by atoms with van der Waals surface area (Å²) >= 11 is 9.26. The zero-order chi connectivity index (χ0) is 9.68. The molecule has 0 spiro atoms. The van der Waals surface area contributed by atoms with Gasteiger partial charge in [0, 0.05) is 10.4 Å². The van der Waals surface area contributed by atoms with E-state index in [-0.39, 0.29) is 0 Å². The lowest BCUT2D eigenvalue weighted by Crippen LogP contribution is -2.04. The summed E-state index contributed by atoms with van der Waals surface area (Å²) in [5.74, 6) is 1.37. The third-order valence-corrected chi connectivity index (χ3v) is 3.20. The second kappa shape index (κ2) is 5.66. The van der Waals surface area contributed by atoms with Crippen LogP contribution in [0.25, 0.3) is 0 Å². The van der Waals surface area contributed by atoms with E-state index >= 15 is 0 Å². The molecule has 0 heterocycles. The first kappa shape index (κ1) is 11.1. The molecule has 0 radical (unpaired) electrons. The third-order valence-electron chi connectivity index (χ3n) is 2.23. The van der Waals surface area contributed by atoms with E-state index in [4.69, 9.17) is 11.6 Å². The average Bonchev–Trinajstić information content (AvgIpc) is 2.17. The highest BCUT2D eigenvalue weighted by molar-refractivity contribution is 9.10. The molecule has 0 aliphatic rings. The minimum absolute atomic E-state index is 0.614. The van der Waals surface area contributed by atoms with E-state index in [1.807, 2.05) is 0 Å². The van der Waals surface area contributed by atoms with E-state index in [0.29, 0.717) is 5.92 Å². The van der Waals surface area contributed by atoms with Gasteiger partial charge in [0.2, 0.25) is 0 Å². The van der Waals surface area contributed by atoms with Gasteiger partial charge >= 0.3 is 0 Å². The number of hydrogen-bond acceptors (Lipinski definition) is 0. The van der Waals surface area contributed by atoms with E-state index in [1.54, 1.807) is 0 Å². The van der Waals surface area contributed by atoms with Crippen LogP contribution in [-0.4, -0.2) is 5.88 Å². The summed E-state index contributed by atoms with van der Waals surface area (Å²) in [6.07, 6.45) is 2.24. The molecule has 0 aliphatic heterocycles. The van der Waals surface area contributed by atoms with Crippen molar-refractivity contribution in [1.29, 1.82) is 0 Å². The lowest BCUT2D eigenvalue weighted by Gasteiger charge is -2.10.